The maximum atomic E-state index is 12.6. The first-order valence-corrected chi connectivity index (χ1v) is 10.1. The second kappa shape index (κ2) is 6.92. The lowest BCUT2D eigenvalue weighted by molar-refractivity contribution is -0.129. The number of carbonyl (C=O) groups is 1. The number of likely N-dealkylation sites (tertiary alicyclic amines) is 1. The first kappa shape index (κ1) is 16.2. The van der Waals surface area contributed by atoms with Gasteiger partial charge in [0.25, 0.3) is 0 Å². The highest BCUT2D eigenvalue weighted by Crippen LogP contribution is 2.25. The zero-order valence-electron chi connectivity index (χ0n) is 13.7. The van der Waals surface area contributed by atoms with Crippen molar-refractivity contribution in [3.63, 3.8) is 0 Å². The Morgan fingerprint density at radius 3 is 3.08 bits per heavy atom. The smallest absolute Gasteiger partial charge is 0.227 e. The monoisotopic (exact) mass is 363 g/mol. The molecular weight excluding hydrogens is 342 g/mol. The summed E-state index contributed by atoms with van der Waals surface area (Å²) in [4.78, 5) is 21.6. The minimum Gasteiger partial charge on any atom is -0.373 e. The summed E-state index contributed by atoms with van der Waals surface area (Å²) in [5, 5.41) is 7.31. The van der Waals surface area contributed by atoms with Gasteiger partial charge < -0.3 is 9.64 Å². The molecule has 2 saturated heterocycles. The quantitative estimate of drug-likeness (QED) is 0.835. The fourth-order valence-electron chi connectivity index (χ4n) is 3.53. The third kappa shape index (κ3) is 3.39. The molecule has 4 rings (SSSR count). The Morgan fingerprint density at radius 2 is 2.33 bits per heavy atom. The number of aromatic nitrogens is 1. The van der Waals surface area contributed by atoms with Gasteiger partial charge in [-0.2, -0.15) is 11.3 Å². The second-order valence-corrected chi connectivity index (χ2v) is 8.25. The van der Waals surface area contributed by atoms with Crippen LogP contribution >= 0.6 is 22.7 Å². The summed E-state index contributed by atoms with van der Waals surface area (Å²) in [5.41, 5.74) is 2.23. The van der Waals surface area contributed by atoms with Gasteiger partial charge in [0.05, 0.1) is 35.9 Å². The van der Waals surface area contributed by atoms with E-state index in [1.54, 1.807) is 22.7 Å². The number of amides is 1. The highest BCUT2D eigenvalue weighted by molar-refractivity contribution is 7.09. The van der Waals surface area contributed by atoms with Gasteiger partial charge in [-0.25, -0.2) is 4.98 Å². The van der Waals surface area contributed by atoms with Crippen LogP contribution in [0.3, 0.4) is 0 Å². The normalized spacial score (nSPS) is 24.3. The fourth-order valence-corrected chi connectivity index (χ4v) is 4.80. The van der Waals surface area contributed by atoms with Crippen LogP contribution in [0.25, 0.3) is 0 Å². The van der Waals surface area contributed by atoms with Gasteiger partial charge in [-0.05, 0) is 29.3 Å². The molecule has 0 aromatic carbocycles. The molecule has 2 aromatic rings. The Hall–Kier alpha value is -1.28. The van der Waals surface area contributed by atoms with Crippen molar-refractivity contribution in [3.05, 3.63) is 38.5 Å². The Balaban J connectivity index is 1.41. The van der Waals surface area contributed by atoms with Gasteiger partial charge in [0, 0.05) is 31.6 Å². The molecule has 7 heteroatoms. The highest BCUT2D eigenvalue weighted by Gasteiger charge is 2.41. The summed E-state index contributed by atoms with van der Waals surface area (Å²) in [6.45, 7) is 6.00. The molecule has 5 nitrogen and oxygen atoms in total. The van der Waals surface area contributed by atoms with Crippen molar-refractivity contribution in [1.29, 1.82) is 0 Å². The molecule has 0 N–H and O–H groups in total. The molecule has 0 radical (unpaired) electrons. The van der Waals surface area contributed by atoms with E-state index in [1.807, 2.05) is 28.7 Å². The molecule has 2 aliphatic rings. The van der Waals surface area contributed by atoms with E-state index in [0.717, 1.165) is 42.5 Å². The standard InChI is InChI=1S/C17H21N3O2S2/c1-12-18-14(11-24-12)7-19-3-4-22-16-9-20(8-15(16)19)17(21)6-13-2-5-23-10-13/h2,5,10-11,15-16H,3-4,6-9H2,1H3/t15-,16+/m0/s1. The van der Waals surface area contributed by atoms with Crippen LogP contribution in [-0.2, 0) is 22.5 Å². The van der Waals surface area contributed by atoms with Crippen molar-refractivity contribution in [3.8, 4) is 0 Å². The molecular formula is C17H21N3O2S2. The molecule has 24 heavy (non-hydrogen) atoms. The molecule has 128 valence electrons. The lowest BCUT2D eigenvalue weighted by atomic mass is 10.1. The van der Waals surface area contributed by atoms with E-state index in [2.05, 4.69) is 15.3 Å². The van der Waals surface area contributed by atoms with Gasteiger partial charge in [-0.15, -0.1) is 11.3 Å². The Kier molecular flexibility index (Phi) is 4.67. The zero-order valence-corrected chi connectivity index (χ0v) is 15.3. The van der Waals surface area contributed by atoms with Crippen molar-refractivity contribution in [2.45, 2.75) is 32.0 Å². The Morgan fingerprint density at radius 1 is 1.42 bits per heavy atom. The maximum absolute atomic E-state index is 12.6. The van der Waals surface area contributed by atoms with E-state index in [-0.39, 0.29) is 18.1 Å². The number of hydrogen-bond acceptors (Lipinski definition) is 6. The number of thiophene rings is 1. The number of aryl methyl sites for hydroxylation is 1. The average molecular weight is 364 g/mol. The summed E-state index contributed by atoms with van der Waals surface area (Å²) in [5.74, 6) is 0.204. The van der Waals surface area contributed by atoms with Crippen LogP contribution in [0.15, 0.2) is 22.2 Å². The van der Waals surface area contributed by atoms with Crippen molar-refractivity contribution >= 4 is 28.6 Å². The SMILES string of the molecule is Cc1nc(CN2CCO[C@@H]3CN(C(=O)Cc4ccsc4)C[C@@H]32)cs1. The molecule has 0 spiro atoms. The molecule has 0 unspecified atom stereocenters. The first-order valence-electron chi connectivity index (χ1n) is 8.24. The van der Waals surface area contributed by atoms with Crippen LogP contribution in [0, 0.1) is 6.92 Å². The zero-order chi connectivity index (χ0) is 16.5. The number of fused-ring (bicyclic) bond motifs is 1. The molecule has 0 aliphatic carbocycles. The van der Waals surface area contributed by atoms with E-state index in [4.69, 9.17) is 4.74 Å². The summed E-state index contributed by atoms with van der Waals surface area (Å²) < 4.78 is 5.94. The van der Waals surface area contributed by atoms with Crippen molar-refractivity contribution < 1.29 is 9.53 Å². The van der Waals surface area contributed by atoms with Crippen LogP contribution < -0.4 is 0 Å². The molecule has 0 saturated carbocycles. The van der Waals surface area contributed by atoms with Crippen LogP contribution in [0.2, 0.25) is 0 Å². The summed E-state index contributed by atoms with van der Waals surface area (Å²) in [6, 6.07) is 2.31. The van der Waals surface area contributed by atoms with Crippen molar-refractivity contribution in [2.75, 3.05) is 26.2 Å². The predicted molar refractivity (Wildman–Crippen MR) is 95.4 cm³/mol. The molecule has 0 bridgehead atoms. The molecule has 2 aliphatic heterocycles. The minimum absolute atomic E-state index is 0.130. The molecule has 2 atom stereocenters. The van der Waals surface area contributed by atoms with Gasteiger partial charge in [-0.1, -0.05) is 0 Å². The number of ether oxygens (including phenoxy) is 1. The van der Waals surface area contributed by atoms with Crippen LogP contribution in [0.5, 0.6) is 0 Å². The number of carbonyl (C=O) groups excluding carboxylic acids is 1. The average Bonchev–Trinajstić information content (AvgIpc) is 3.28. The van der Waals surface area contributed by atoms with Gasteiger partial charge in [0.15, 0.2) is 0 Å². The minimum atomic E-state index is 0.130. The lowest BCUT2D eigenvalue weighted by Gasteiger charge is -2.36. The third-order valence-electron chi connectivity index (χ3n) is 4.74. The maximum Gasteiger partial charge on any atom is 0.227 e. The first-order chi connectivity index (χ1) is 11.7. The predicted octanol–water partition coefficient (Wildman–Crippen LogP) is 2.17. The van der Waals surface area contributed by atoms with E-state index >= 15 is 0 Å². The fraction of sp³-hybridized carbons (Fsp3) is 0.529. The molecule has 4 heterocycles. The summed E-state index contributed by atoms with van der Waals surface area (Å²) in [7, 11) is 0. The lowest BCUT2D eigenvalue weighted by Crippen LogP contribution is -2.50. The molecule has 2 aromatic heterocycles. The van der Waals surface area contributed by atoms with Crippen molar-refractivity contribution in [1.82, 2.24) is 14.8 Å². The van der Waals surface area contributed by atoms with Gasteiger partial charge in [-0.3, -0.25) is 9.69 Å². The Labute approximate surface area is 149 Å². The van der Waals surface area contributed by atoms with E-state index in [0.29, 0.717) is 13.0 Å². The Bertz CT molecular complexity index is 701. The van der Waals surface area contributed by atoms with Gasteiger partial charge >= 0.3 is 0 Å². The number of morpholine rings is 1. The number of rotatable bonds is 4. The van der Waals surface area contributed by atoms with Gasteiger partial charge in [0.1, 0.15) is 0 Å². The van der Waals surface area contributed by atoms with E-state index < -0.39 is 0 Å². The largest absolute Gasteiger partial charge is 0.373 e. The topological polar surface area (TPSA) is 45.7 Å². The third-order valence-corrected chi connectivity index (χ3v) is 6.29. The summed E-state index contributed by atoms with van der Waals surface area (Å²) >= 11 is 3.33. The molecule has 2 fully saturated rings. The van der Waals surface area contributed by atoms with E-state index in [9.17, 15) is 4.79 Å². The van der Waals surface area contributed by atoms with Crippen LogP contribution in [-0.4, -0.2) is 59.1 Å². The summed E-state index contributed by atoms with van der Waals surface area (Å²) in [6.07, 6.45) is 0.624. The van der Waals surface area contributed by atoms with E-state index in [1.165, 1.54) is 0 Å². The highest BCUT2D eigenvalue weighted by atomic mass is 32.1. The number of thiazole rings is 1. The van der Waals surface area contributed by atoms with Crippen LogP contribution in [0.4, 0.5) is 0 Å². The molecule has 1 amide bonds. The number of nitrogens with zero attached hydrogens (tertiary/aromatic N) is 3. The second-order valence-electron chi connectivity index (χ2n) is 6.41. The van der Waals surface area contributed by atoms with Gasteiger partial charge in [0.2, 0.25) is 5.91 Å². The van der Waals surface area contributed by atoms with Crippen LogP contribution in [0.1, 0.15) is 16.3 Å². The van der Waals surface area contributed by atoms with Crippen molar-refractivity contribution in [2.24, 2.45) is 0 Å². The number of hydrogen-bond donors (Lipinski definition) is 0.